The number of carbonyl (C=O) groups is 2. The van der Waals surface area contributed by atoms with Gasteiger partial charge >= 0.3 is 11.9 Å². The monoisotopic (exact) mass is 498 g/mol. The molecule has 0 saturated carbocycles. The van der Waals surface area contributed by atoms with Crippen molar-refractivity contribution in [1.82, 2.24) is 15.1 Å². The van der Waals surface area contributed by atoms with E-state index in [-0.39, 0.29) is 29.0 Å². The normalized spacial score (nSPS) is 21.8. The lowest BCUT2D eigenvalue weighted by atomic mass is 9.95. The Morgan fingerprint density at radius 3 is 1.94 bits per heavy atom. The van der Waals surface area contributed by atoms with Crippen molar-refractivity contribution in [2.75, 3.05) is 66.8 Å². The van der Waals surface area contributed by atoms with Gasteiger partial charge in [0.1, 0.15) is 11.7 Å². The fourth-order valence-electron chi connectivity index (χ4n) is 4.42. The Bertz CT molecular complexity index is 1040. The van der Waals surface area contributed by atoms with Gasteiger partial charge < -0.3 is 23.7 Å². The lowest BCUT2D eigenvalue weighted by Gasteiger charge is -2.47. The molecule has 3 aliphatic heterocycles. The van der Waals surface area contributed by atoms with E-state index in [0.29, 0.717) is 52.6 Å². The van der Waals surface area contributed by atoms with Crippen LogP contribution in [0.25, 0.3) is 0 Å². The first kappa shape index (κ1) is 25.7. The fourth-order valence-corrected chi connectivity index (χ4v) is 4.42. The van der Waals surface area contributed by atoms with Crippen LogP contribution in [0.15, 0.2) is 52.9 Å². The van der Waals surface area contributed by atoms with E-state index in [2.05, 4.69) is 6.07 Å². The number of hydrogen-bond donors (Lipinski definition) is 0. The van der Waals surface area contributed by atoms with Gasteiger partial charge in [-0.15, -0.1) is 0 Å². The summed E-state index contributed by atoms with van der Waals surface area (Å²) < 4.78 is 27.9. The summed E-state index contributed by atoms with van der Waals surface area (Å²) in [5.74, 6) is -1.52. The van der Waals surface area contributed by atoms with E-state index in [0.717, 1.165) is 5.56 Å². The number of esters is 2. The summed E-state index contributed by atoms with van der Waals surface area (Å²) in [5, 5.41) is 15.9. The highest BCUT2D eigenvalue weighted by atomic mass is 16.5. The first-order valence-corrected chi connectivity index (χ1v) is 11.8. The van der Waals surface area contributed by atoms with Gasteiger partial charge in [-0.25, -0.2) is 14.7 Å². The lowest BCUT2D eigenvalue weighted by molar-refractivity contribution is -0.233. The first-order valence-electron chi connectivity index (χ1n) is 11.8. The highest BCUT2D eigenvalue weighted by Gasteiger charge is 2.41. The van der Waals surface area contributed by atoms with Crippen molar-refractivity contribution < 1.29 is 33.3 Å². The predicted molar refractivity (Wildman–Crippen MR) is 125 cm³/mol. The number of hydrogen-bond acceptors (Lipinski definition) is 11. The van der Waals surface area contributed by atoms with Crippen LogP contribution in [-0.4, -0.2) is 93.9 Å². The van der Waals surface area contributed by atoms with Crippen molar-refractivity contribution in [1.29, 1.82) is 5.26 Å². The number of ether oxygens (including phenoxy) is 5. The van der Waals surface area contributed by atoms with Gasteiger partial charge in [-0.3, -0.25) is 0 Å². The Morgan fingerprint density at radius 2 is 1.44 bits per heavy atom. The third-order valence-corrected chi connectivity index (χ3v) is 6.19. The van der Waals surface area contributed by atoms with Crippen LogP contribution in [0.4, 0.5) is 0 Å². The highest BCUT2D eigenvalue weighted by Crippen LogP contribution is 2.39. The van der Waals surface area contributed by atoms with Crippen molar-refractivity contribution in [3.05, 3.63) is 58.5 Å². The third kappa shape index (κ3) is 5.37. The minimum Gasteiger partial charge on any atom is -0.468 e. The molecule has 3 heterocycles. The number of morpholine rings is 2. The van der Waals surface area contributed by atoms with E-state index < -0.39 is 18.0 Å². The standard InChI is InChI=1S/C25H30N4O7/c1-32-24(30)21-19(17-26)16-20(18-6-4-3-5-7-18)36-23(22(21)25(31)33-2)29(27-8-12-34-13-9-27)28-10-14-35-15-11-28/h3-7,20H,8-16H2,1-2H3. The number of nitrogens with zero attached hydrogens (tertiary/aromatic N) is 4. The summed E-state index contributed by atoms with van der Waals surface area (Å²) in [6.45, 7) is 4.02. The van der Waals surface area contributed by atoms with Crippen LogP contribution in [-0.2, 0) is 33.3 Å². The maximum atomic E-state index is 13.3. The van der Waals surface area contributed by atoms with Crippen molar-refractivity contribution in [3.8, 4) is 6.07 Å². The van der Waals surface area contributed by atoms with Crippen LogP contribution < -0.4 is 0 Å². The van der Waals surface area contributed by atoms with Crippen LogP contribution in [0.2, 0.25) is 0 Å². The third-order valence-electron chi connectivity index (χ3n) is 6.19. The molecule has 1 aromatic rings. The molecule has 4 rings (SSSR count). The molecular weight excluding hydrogens is 468 g/mol. The van der Waals surface area contributed by atoms with Gasteiger partial charge in [-0.1, -0.05) is 30.3 Å². The number of hydrazine groups is 2. The Morgan fingerprint density at radius 1 is 0.917 bits per heavy atom. The summed E-state index contributed by atoms with van der Waals surface area (Å²) in [4.78, 5) is 26.4. The summed E-state index contributed by atoms with van der Waals surface area (Å²) in [5.41, 5.74) is 0.557. The number of rotatable bonds is 6. The zero-order chi connectivity index (χ0) is 25.5. The molecule has 11 nitrogen and oxygen atoms in total. The van der Waals surface area contributed by atoms with E-state index in [1.54, 1.807) is 5.12 Å². The molecule has 3 aliphatic rings. The molecule has 0 aliphatic carbocycles. The quantitative estimate of drug-likeness (QED) is 0.529. The first-order chi connectivity index (χ1) is 17.6. The Balaban J connectivity index is 1.96. The fraction of sp³-hybridized carbons (Fsp3) is 0.480. The number of carbonyl (C=O) groups excluding carboxylic acids is 2. The number of methoxy groups -OCH3 is 2. The van der Waals surface area contributed by atoms with E-state index in [1.807, 2.05) is 40.3 Å². The zero-order valence-corrected chi connectivity index (χ0v) is 20.5. The Labute approximate surface area is 209 Å². The molecule has 1 unspecified atom stereocenters. The molecule has 0 amide bonds. The second-order valence-corrected chi connectivity index (χ2v) is 8.27. The lowest BCUT2D eigenvalue weighted by Crippen LogP contribution is -2.59. The SMILES string of the molecule is COC(=O)C1=C(C#N)CC(c2ccccc2)OC(N(N2CCOCC2)N2CCOCC2)=C1C(=O)OC. The molecule has 0 aromatic heterocycles. The maximum Gasteiger partial charge on any atom is 0.344 e. The van der Waals surface area contributed by atoms with Crippen LogP contribution in [0.5, 0.6) is 0 Å². The van der Waals surface area contributed by atoms with Crippen molar-refractivity contribution in [3.63, 3.8) is 0 Å². The molecule has 11 heteroatoms. The highest BCUT2D eigenvalue weighted by molar-refractivity contribution is 6.08. The summed E-state index contributed by atoms with van der Waals surface area (Å²) in [7, 11) is 2.43. The summed E-state index contributed by atoms with van der Waals surface area (Å²) in [6, 6.07) is 11.5. The smallest absolute Gasteiger partial charge is 0.344 e. The molecule has 1 aromatic carbocycles. The van der Waals surface area contributed by atoms with Crippen LogP contribution >= 0.6 is 0 Å². The largest absolute Gasteiger partial charge is 0.468 e. The zero-order valence-electron chi connectivity index (χ0n) is 20.5. The van der Waals surface area contributed by atoms with E-state index in [4.69, 9.17) is 23.7 Å². The van der Waals surface area contributed by atoms with Crippen molar-refractivity contribution in [2.45, 2.75) is 12.5 Å². The van der Waals surface area contributed by atoms with E-state index >= 15 is 0 Å². The van der Waals surface area contributed by atoms with E-state index in [1.165, 1.54) is 14.2 Å². The molecule has 2 saturated heterocycles. The second kappa shape index (κ2) is 12.0. The average Bonchev–Trinajstić information content (AvgIpc) is 3.11. The molecule has 0 radical (unpaired) electrons. The summed E-state index contributed by atoms with van der Waals surface area (Å²) >= 11 is 0. The molecule has 1 atom stereocenters. The van der Waals surface area contributed by atoms with Gasteiger partial charge in [0.25, 0.3) is 0 Å². The molecule has 0 N–H and O–H groups in total. The topological polar surface area (TPSA) is 114 Å². The summed E-state index contributed by atoms with van der Waals surface area (Å²) in [6.07, 6.45) is -0.586. The van der Waals surface area contributed by atoms with Gasteiger partial charge in [-0.2, -0.15) is 15.3 Å². The second-order valence-electron chi connectivity index (χ2n) is 8.27. The molecule has 2 fully saturated rings. The molecular formula is C25H30N4O7. The molecule has 0 spiro atoms. The van der Waals surface area contributed by atoms with Crippen LogP contribution in [0.1, 0.15) is 18.1 Å². The van der Waals surface area contributed by atoms with Crippen LogP contribution in [0, 0.1) is 11.3 Å². The van der Waals surface area contributed by atoms with Crippen molar-refractivity contribution in [2.24, 2.45) is 0 Å². The van der Waals surface area contributed by atoms with Gasteiger partial charge in [0.15, 0.2) is 0 Å². The molecule has 192 valence electrons. The number of benzene rings is 1. The Hall–Kier alpha value is -3.43. The van der Waals surface area contributed by atoms with Crippen LogP contribution in [0.3, 0.4) is 0 Å². The Kier molecular flexibility index (Phi) is 8.56. The van der Waals surface area contributed by atoms with Gasteiger partial charge in [0.2, 0.25) is 5.88 Å². The molecule has 0 bridgehead atoms. The average molecular weight is 499 g/mol. The minimum absolute atomic E-state index is 0.0645. The predicted octanol–water partition coefficient (Wildman–Crippen LogP) is 1.32. The van der Waals surface area contributed by atoms with Gasteiger partial charge in [0.05, 0.1) is 52.3 Å². The van der Waals surface area contributed by atoms with E-state index in [9.17, 15) is 14.9 Å². The maximum absolute atomic E-state index is 13.3. The molecule has 36 heavy (non-hydrogen) atoms. The number of nitriles is 1. The minimum atomic E-state index is -0.814. The van der Waals surface area contributed by atoms with Gasteiger partial charge in [0, 0.05) is 38.2 Å². The van der Waals surface area contributed by atoms with Gasteiger partial charge in [-0.05, 0) is 5.56 Å². The van der Waals surface area contributed by atoms with Crippen molar-refractivity contribution >= 4 is 11.9 Å².